The molecule has 1 aromatic carbocycles. The highest BCUT2D eigenvalue weighted by molar-refractivity contribution is 7.99. The first-order valence-electron chi connectivity index (χ1n) is 10.1. The lowest BCUT2D eigenvalue weighted by Crippen LogP contribution is -2.31. The highest BCUT2D eigenvalue weighted by atomic mass is 35.5. The van der Waals surface area contributed by atoms with Gasteiger partial charge in [-0.2, -0.15) is 4.98 Å². The smallest absolute Gasteiger partial charge is 0.227 e. The van der Waals surface area contributed by atoms with Gasteiger partial charge in [-0.15, -0.1) is 5.10 Å². The minimum absolute atomic E-state index is 0.198. The Bertz CT molecular complexity index is 890. The Morgan fingerprint density at radius 1 is 1.21 bits per heavy atom. The number of benzene rings is 1. The summed E-state index contributed by atoms with van der Waals surface area (Å²) < 4.78 is 1.87. The number of fused-ring (bicyclic) bond motifs is 1. The zero-order valence-corrected chi connectivity index (χ0v) is 17.7. The number of thioether (sulfide) groups is 1. The number of aromatic nitrogens is 3. The normalized spacial score (nSPS) is 18.6. The number of rotatable bonds is 7. The van der Waals surface area contributed by atoms with E-state index in [1.54, 1.807) is 11.8 Å². The molecule has 7 heteroatoms. The van der Waals surface area contributed by atoms with Crippen LogP contribution in [0.2, 0.25) is 5.02 Å². The van der Waals surface area contributed by atoms with Gasteiger partial charge < -0.3 is 5.32 Å². The van der Waals surface area contributed by atoms with Crippen molar-refractivity contribution in [2.75, 3.05) is 11.1 Å². The van der Waals surface area contributed by atoms with E-state index in [0.29, 0.717) is 11.4 Å². The first-order valence-corrected chi connectivity index (χ1v) is 11.4. The standard InChI is InChI=1S/C21H25ClN4OS/c1-2-3-4-5-13-28-21-24-20-23-16-7-6-8-17(27)18(16)19(26(20)25-21)14-9-11-15(22)12-10-14/h9-12,19H,2-8,13H2,1H3,(H,23,24,25)/t19-/m1/s1. The van der Waals surface area contributed by atoms with Crippen LogP contribution in [0.3, 0.4) is 0 Å². The fraction of sp³-hybridized carbons (Fsp3) is 0.476. The Kier molecular flexibility index (Phi) is 6.07. The van der Waals surface area contributed by atoms with Crippen LogP contribution in [0, 0.1) is 0 Å². The summed E-state index contributed by atoms with van der Waals surface area (Å²) in [6, 6.07) is 7.46. The highest BCUT2D eigenvalue weighted by Gasteiger charge is 2.36. The minimum atomic E-state index is -0.238. The molecule has 0 saturated carbocycles. The van der Waals surface area contributed by atoms with E-state index in [1.165, 1.54) is 25.7 Å². The second kappa shape index (κ2) is 8.70. The molecule has 148 valence electrons. The molecular weight excluding hydrogens is 392 g/mol. The number of carbonyl (C=O) groups excluding carboxylic acids is 1. The first-order chi connectivity index (χ1) is 13.7. The summed E-state index contributed by atoms with van der Waals surface area (Å²) in [6.45, 7) is 2.22. The fourth-order valence-electron chi connectivity index (χ4n) is 3.84. The molecule has 5 nitrogen and oxygen atoms in total. The van der Waals surface area contributed by atoms with Crippen molar-refractivity contribution in [1.82, 2.24) is 14.8 Å². The Morgan fingerprint density at radius 3 is 2.82 bits per heavy atom. The van der Waals surface area contributed by atoms with Crippen molar-refractivity contribution in [3.63, 3.8) is 0 Å². The lowest BCUT2D eigenvalue weighted by Gasteiger charge is -2.32. The largest absolute Gasteiger partial charge is 0.328 e. The van der Waals surface area contributed by atoms with E-state index in [2.05, 4.69) is 12.2 Å². The van der Waals surface area contributed by atoms with Crippen LogP contribution in [0.15, 0.2) is 40.7 Å². The molecule has 0 unspecified atom stereocenters. The van der Waals surface area contributed by atoms with Crippen molar-refractivity contribution >= 4 is 35.1 Å². The zero-order valence-electron chi connectivity index (χ0n) is 16.1. The predicted molar refractivity (Wildman–Crippen MR) is 114 cm³/mol. The molecule has 0 radical (unpaired) electrons. The van der Waals surface area contributed by atoms with Crippen molar-refractivity contribution in [2.24, 2.45) is 0 Å². The summed E-state index contributed by atoms with van der Waals surface area (Å²) in [6.07, 6.45) is 7.26. The Balaban J connectivity index is 1.64. The molecule has 0 spiro atoms. The molecule has 1 N–H and O–H groups in total. The van der Waals surface area contributed by atoms with Crippen LogP contribution in [-0.2, 0) is 4.79 Å². The third kappa shape index (κ3) is 3.98. The SMILES string of the molecule is CCCCCCSc1nc2n(n1)[C@H](c1ccc(Cl)cc1)C1=C(CCCC1=O)N2. The van der Waals surface area contributed by atoms with E-state index in [1.807, 2.05) is 28.9 Å². The molecular formula is C21H25ClN4OS. The lowest BCUT2D eigenvalue weighted by molar-refractivity contribution is -0.116. The van der Waals surface area contributed by atoms with Gasteiger partial charge in [-0.3, -0.25) is 4.79 Å². The second-order valence-electron chi connectivity index (χ2n) is 7.32. The van der Waals surface area contributed by atoms with Crippen molar-refractivity contribution in [3.8, 4) is 0 Å². The molecule has 2 aromatic rings. The van der Waals surface area contributed by atoms with E-state index >= 15 is 0 Å². The first kappa shape index (κ1) is 19.5. The van der Waals surface area contributed by atoms with Gasteiger partial charge in [0, 0.05) is 28.5 Å². The highest BCUT2D eigenvalue weighted by Crippen LogP contribution is 2.40. The van der Waals surface area contributed by atoms with Gasteiger partial charge in [0.25, 0.3) is 0 Å². The average Bonchev–Trinajstić information content (AvgIpc) is 3.09. The van der Waals surface area contributed by atoms with Crippen molar-refractivity contribution in [3.05, 3.63) is 46.1 Å². The van der Waals surface area contributed by atoms with Gasteiger partial charge in [0.1, 0.15) is 6.04 Å². The lowest BCUT2D eigenvalue weighted by atomic mass is 9.85. The third-order valence-electron chi connectivity index (χ3n) is 5.26. The summed E-state index contributed by atoms with van der Waals surface area (Å²) in [5, 5.41) is 9.59. The van der Waals surface area contributed by atoms with E-state index in [-0.39, 0.29) is 11.8 Å². The number of nitrogens with one attached hydrogen (secondary N) is 1. The summed E-state index contributed by atoms with van der Waals surface area (Å²) in [5.74, 6) is 1.94. The van der Waals surface area contributed by atoms with Crippen LogP contribution in [0.5, 0.6) is 0 Å². The van der Waals surface area contributed by atoms with Gasteiger partial charge in [-0.25, -0.2) is 4.68 Å². The average molecular weight is 417 g/mol. The van der Waals surface area contributed by atoms with E-state index in [0.717, 1.165) is 46.5 Å². The summed E-state index contributed by atoms with van der Waals surface area (Å²) >= 11 is 7.78. The predicted octanol–water partition coefficient (Wildman–Crippen LogP) is 5.63. The molecule has 2 aliphatic rings. The monoisotopic (exact) mass is 416 g/mol. The summed E-state index contributed by atoms with van der Waals surface area (Å²) in [7, 11) is 0. The molecule has 2 heterocycles. The minimum Gasteiger partial charge on any atom is -0.328 e. The third-order valence-corrected chi connectivity index (χ3v) is 6.44. The zero-order chi connectivity index (χ0) is 19.5. The van der Waals surface area contributed by atoms with Crippen LogP contribution < -0.4 is 5.32 Å². The molecule has 0 saturated heterocycles. The van der Waals surface area contributed by atoms with Crippen molar-refractivity contribution < 1.29 is 4.79 Å². The maximum atomic E-state index is 12.8. The van der Waals surface area contributed by atoms with Crippen LogP contribution in [0.1, 0.15) is 63.5 Å². The maximum absolute atomic E-state index is 12.8. The van der Waals surface area contributed by atoms with Gasteiger partial charge in [-0.1, -0.05) is 61.7 Å². The van der Waals surface area contributed by atoms with Crippen LogP contribution >= 0.6 is 23.4 Å². The van der Waals surface area contributed by atoms with Crippen molar-refractivity contribution in [1.29, 1.82) is 0 Å². The number of anilines is 1. The molecule has 1 aromatic heterocycles. The molecule has 1 aliphatic carbocycles. The fourth-order valence-corrected chi connectivity index (χ4v) is 4.80. The van der Waals surface area contributed by atoms with Gasteiger partial charge in [0.15, 0.2) is 5.78 Å². The topological polar surface area (TPSA) is 59.8 Å². The van der Waals surface area contributed by atoms with E-state index in [4.69, 9.17) is 21.7 Å². The van der Waals surface area contributed by atoms with Gasteiger partial charge in [0.05, 0.1) is 0 Å². The molecule has 0 amide bonds. The summed E-state index contributed by atoms with van der Waals surface area (Å²) in [5.41, 5.74) is 2.83. The van der Waals surface area contributed by atoms with Gasteiger partial charge >= 0.3 is 0 Å². The number of ketones is 1. The maximum Gasteiger partial charge on any atom is 0.227 e. The summed E-state index contributed by atoms with van der Waals surface area (Å²) in [4.78, 5) is 17.5. The van der Waals surface area contributed by atoms with Crippen LogP contribution in [-0.4, -0.2) is 26.3 Å². The molecule has 1 atom stereocenters. The molecule has 0 fully saturated rings. The second-order valence-corrected chi connectivity index (χ2v) is 8.82. The number of unbranched alkanes of at least 4 members (excludes halogenated alkanes) is 3. The van der Waals surface area contributed by atoms with E-state index in [9.17, 15) is 4.79 Å². The van der Waals surface area contributed by atoms with Crippen LogP contribution in [0.25, 0.3) is 0 Å². The number of Topliss-reactive ketones (excluding diaryl/α,β-unsaturated/α-hetero) is 1. The van der Waals surface area contributed by atoms with E-state index < -0.39 is 0 Å². The van der Waals surface area contributed by atoms with Crippen molar-refractivity contribution in [2.45, 2.75) is 63.1 Å². The molecule has 0 bridgehead atoms. The molecule has 28 heavy (non-hydrogen) atoms. The Labute approximate surface area is 174 Å². The van der Waals surface area contributed by atoms with Gasteiger partial charge in [-0.05, 0) is 37.0 Å². The molecule has 1 aliphatic heterocycles. The number of hydrogen-bond acceptors (Lipinski definition) is 5. The number of hydrogen-bond donors (Lipinski definition) is 1. The Hall–Kier alpha value is -1.79. The number of allylic oxidation sites excluding steroid dienone is 2. The quantitative estimate of drug-likeness (QED) is 0.468. The van der Waals surface area contributed by atoms with Crippen LogP contribution in [0.4, 0.5) is 5.95 Å². The number of nitrogens with zero attached hydrogens (tertiary/aromatic N) is 3. The number of halogens is 1. The molecule has 4 rings (SSSR count). The number of carbonyl (C=O) groups is 1. The Morgan fingerprint density at radius 2 is 2.04 bits per heavy atom. The van der Waals surface area contributed by atoms with Gasteiger partial charge in [0.2, 0.25) is 11.1 Å².